The van der Waals surface area contributed by atoms with Gasteiger partial charge in [-0.3, -0.25) is 19.5 Å². The van der Waals surface area contributed by atoms with E-state index in [2.05, 4.69) is 10.3 Å². The minimum atomic E-state index is -5.14. The molecular formula is C23H26F3N3O2. The Hall–Kier alpha value is -2.90. The second-order valence-corrected chi connectivity index (χ2v) is 8.05. The summed E-state index contributed by atoms with van der Waals surface area (Å²) in [5.74, 6) is -2.71. The molecular weight excluding hydrogens is 407 g/mol. The Morgan fingerprint density at radius 3 is 2.16 bits per heavy atom. The van der Waals surface area contributed by atoms with E-state index in [-0.39, 0.29) is 17.3 Å². The van der Waals surface area contributed by atoms with Gasteiger partial charge in [0.05, 0.1) is 0 Å². The van der Waals surface area contributed by atoms with Gasteiger partial charge in [0.25, 0.3) is 0 Å². The highest BCUT2D eigenvalue weighted by atomic mass is 19.4. The summed E-state index contributed by atoms with van der Waals surface area (Å²) in [6.45, 7) is 3.46. The van der Waals surface area contributed by atoms with Gasteiger partial charge >= 0.3 is 12.1 Å². The Balaban J connectivity index is 2.10. The minimum Gasteiger partial charge on any atom is -0.351 e. The number of carbonyl (C=O) groups is 2. The van der Waals surface area contributed by atoms with Crippen LogP contribution in [0, 0.1) is 13.8 Å². The van der Waals surface area contributed by atoms with Gasteiger partial charge in [-0.15, -0.1) is 0 Å². The molecule has 0 aliphatic heterocycles. The zero-order chi connectivity index (χ0) is 22.6. The molecule has 1 N–H and O–H groups in total. The Labute approximate surface area is 179 Å². The van der Waals surface area contributed by atoms with Crippen LogP contribution in [0.4, 0.5) is 18.9 Å². The van der Waals surface area contributed by atoms with Gasteiger partial charge in [0, 0.05) is 24.1 Å². The highest BCUT2D eigenvalue weighted by Crippen LogP contribution is 2.34. The van der Waals surface area contributed by atoms with E-state index in [0.717, 1.165) is 32.1 Å². The highest BCUT2D eigenvalue weighted by molar-refractivity contribution is 6.04. The number of nitrogens with zero attached hydrogens (tertiary/aromatic N) is 2. The van der Waals surface area contributed by atoms with Crippen molar-refractivity contribution < 1.29 is 22.8 Å². The number of anilines is 1. The summed E-state index contributed by atoms with van der Waals surface area (Å²) in [5.41, 5.74) is 1.67. The minimum absolute atomic E-state index is 0.0282. The van der Waals surface area contributed by atoms with E-state index in [0.29, 0.717) is 16.0 Å². The van der Waals surface area contributed by atoms with Crippen LogP contribution >= 0.6 is 0 Å². The molecule has 2 aromatic rings. The van der Waals surface area contributed by atoms with Gasteiger partial charge in [0.15, 0.2) is 0 Å². The number of halogens is 3. The molecule has 0 bridgehead atoms. The molecule has 8 heteroatoms. The van der Waals surface area contributed by atoms with Gasteiger partial charge in [-0.05, 0) is 67.6 Å². The van der Waals surface area contributed by atoms with Gasteiger partial charge in [-0.2, -0.15) is 13.2 Å². The smallest absolute Gasteiger partial charge is 0.351 e. The highest BCUT2D eigenvalue weighted by Gasteiger charge is 2.47. The van der Waals surface area contributed by atoms with E-state index in [9.17, 15) is 22.8 Å². The molecule has 0 radical (unpaired) electrons. The van der Waals surface area contributed by atoms with E-state index in [4.69, 9.17) is 0 Å². The summed E-state index contributed by atoms with van der Waals surface area (Å²) >= 11 is 0. The van der Waals surface area contributed by atoms with Gasteiger partial charge in [-0.1, -0.05) is 25.3 Å². The van der Waals surface area contributed by atoms with Crippen molar-refractivity contribution in [2.24, 2.45) is 0 Å². The lowest BCUT2D eigenvalue weighted by Crippen LogP contribution is -2.50. The van der Waals surface area contributed by atoms with Crippen LogP contribution < -0.4 is 10.2 Å². The maximum atomic E-state index is 13.6. The second-order valence-electron chi connectivity index (χ2n) is 8.05. The topological polar surface area (TPSA) is 62.3 Å². The monoisotopic (exact) mass is 433 g/mol. The van der Waals surface area contributed by atoms with Crippen molar-refractivity contribution in [2.75, 3.05) is 4.90 Å². The third-order valence-electron chi connectivity index (χ3n) is 5.43. The number of aryl methyl sites for hydroxylation is 2. The van der Waals surface area contributed by atoms with Crippen LogP contribution in [0.15, 0.2) is 42.7 Å². The van der Waals surface area contributed by atoms with Crippen molar-refractivity contribution in [3.8, 4) is 0 Å². The van der Waals surface area contributed by atoms with Gasteiger partial charge in [0.1, 0.15) is 6.04 Å². The first-order valence-electron chi connectivity index (χ1n) is 10.4. The molecule has 1 aliphatic carbocycles. The fourth-order valence-electron chi connectivity index (χ4n) is 4.10. The van der Waals surface area contributed by atoms with Crippen molar-refractivity contribution in [1.29, 1.82) is 0 Å². The van der Waals surface area contributed by atoms with E-state index in [1.807, 2.05) is 0 Å². The van der Waals surface area contributed by atoms with Crippen molar-refractivity contribution in [1.82, 2.24) is 10.3 Å². The number of aromatic nitrogens is 1. The predicted octanol–water partition coefficient (Wildman–Crippen LogP) is 4.78. The first-order valence-corrected chi connectivity index (χ1v) is 10.4. The second kappa shape index (κ2) is 9.49. The van der Waals surface area contributed by atoms with Crippen molar-refractivity contribution >= 4 is 17.5 Å². The largest absolute Gasteiger partial charge is 0.471 e. The van der Waals surface area contributed by atoms with Gasteiger partial charge in [-0.25, -0.2) is 0 Å². The molecule has 0 saturated heterocycles. The molecule has 1 fully saturated rings. The quantitative estimate of drug-likeness (QED) is 0.738. The lowest BCUT2D eigenvalue weighted by atomic mass is 9.94. The summed E-state index contributed by atoms with van der Waals surface area (Å²) < 4.78 is 40.9. The van der Waals surface area contributed by atoms with Crippen LogP contribution in [0.1, 0.15) is 54.8 Å². The summed E-state index contributed by atoms with van der Waals surface area (Å²) in [4.78, 5) is 30.4. The molecule has 1 aromatic heterocycles. The van der Waals surface area contributed by atoms with E-state index in [1.165, 1.54) is 36.7 Å². The number of pyridine rings is 1. The molecule has 2 amide bonds. The van der Waals surface area contributed by atoms with Gasteiger partial charge < -0.3 is 5.32 Å². The zero-order valence-corrected chi connectivity index (χ0v) is 17.6. The predicted molar refractivity (Wildman–Crippen MR) is 111 cm³/mol. The molecule has 3 rings (SSSR count). The lowest BCUT2D eigenvalue weighted by molar-refractivity contribution is -0.171. The standard InChI is InChI=1S/C23H26F3N3O2/c1-15-12-16(2)14-19(13-15)29(22(31)23(24,25)26)20(17-8-10-27-11-9-17)21(30)28-18-6-4-3-5-7-18/h8-14,18,20H,3-7H2,1-2H3,(H,28,30). The number of amides is 2. The van der Waals surface area contributed by atoms with E-state index >= 15 is 0 Å². The molecule has 5 nitrogen and oxygen atoms in total. The molecule has 1 heterocycles. The fraction of sp³-hybridized carbons (Fsp3) is 0.435. The number of carbonyl (C=O) groups excluding carboxylic acids is 2. The SMILES string of the molecule is Cc1cc(C)cc(N(C(=O)C(F)(F)F)C(C(=O)NC2CCCCC2)c2ccncc2)c1. The Morgan fingerprint density at radius 1 is 1.03 bits per heavy atom. The fourth-order valence-corrected chi connectivity index (χ4v) is 4.10. The summed E-state index contributed by atoms with van der Waals surface area (Å²) in [7, 11) is 0. The Bertz CT molecular complexity index is 905. The number of rotatable bonds is 5. The van der Waals surface area contributed by atoms with E-state index in [1.54, 1.807) is 19.9 Å². The Morgan fingerprint density at radius 2 is 1.61 bits per heavy atom. The number of hydrogen-bond donors (Lipinski definition) is 1. The number of benzene rings is 1. The van der Waals surface area contributed by atoms with Crippen LogP contribution in [0.3, 0.4) is 0 Å². The molecule has 31 heavy (non-hydrogen) atoms. The number of alkyl halides is 3. The van der Waals surface area contributed by atoms with Crippen LogP contribution in [-0.2, 0) is 9.59 Å². The van der Waals surface area contributed by atoms with E-state index < -0.39 is 24.0 Å². The van der Waals surface area contributed by atoms with Crippen molar-refractivity contribution in [2.45, 2.75) is 64.2 Å². The van der Waals surface area contributed by atoms with Crippen molar-refractivity contribution in [3.05, 3.63) is 59.4 Å². The average molecular weight is 433 g/mol. The summed E-state index contributed by atoms with van der Waals surface area (Å²) in [6.07, 6.45) is 2.16. The number of hydrogen-bond acceptors (Lipinski definition) is 3. The van der Waals surface area contributed by atoms with Gasteiger partial charge in [0.2, 0.25) is 5.91 Å². The first-order chi connectivity index (χ1) is 14.7. The summed E-state index contributed by atoms with van der Waals surface area (Å²) in [6, 6.07) is 6.10. The molecule has 1 aromatic carbocycles. The third kappa shape index (κ3) is 5.62. The van der Waals surface area contributed by atoms with Crippen molar-refractivity contribution in [3.63, 3.8) is 0 Å². The molecule has 1 atom stereocenters. The number of nitrogens with one attached hydrogen (secondary N) is 1. The molecule has 1 unspecified atom stereocenters. The maximum Gasteiger partial charge on any atom is 0.471 e. The Kier molecular flexibility index (Phi) is 6.97. The van der Waals surface area contributed by atoms with Crippen LogP contribution in [0.5, 0.6) is 0 Å². The average Bonchev–Trinajstić information content (AvgIpc) is 2.71. The van der Waals surface area contributed by atoms with Crippen LogP contribution in [0.2, 0.25) is 0 Å². The van der Waals surface area contributed by atoms with Crippen LogP contribution in [-0.4, -0.2) is 29.0 Å². The third-order valence-corrected chi connectivity index (χ3v) is 5.43. The first kappa shape index (κ1) is 22.8. The maximum absolute atomic E-state index is 13.6. The molecule has 166 valence electrons. The summed E-state index contributed by atoms with van der Waals surface area (Å²) in [5, 5.41) is 2.88. The lowest BCUT2D eigenvalue weighted by Gasteiger charge is -2.34. The zero-order valence-electron chi connectivity index (χ0n) is 17.6. The normalized spacial score (nSPS) is 15.9. The molecule has 1 saturated carbocycles. The molecule has 0 spiro atoms. The van der Waals surface area contributed by atoms with Crippen LogP contribution in [0.25, 0.3) is 0 Å². The molecule has 1 aliphatic rings.